The molecule has 0 unspecified atom stereocenters. The zero-order chi connectivity index (χ0) is 15.4. The van der Waals surface area contributed by atoms with Crippen molar-refractivity contribution in [2.75, 3.05) is 46.4 Å². The molecule has 0 atom stereocenters. The van der Waals surface area contributed by atoms with E-state index in [0.29, 0.717) is 6.54 Å². The molecule has 1 aromatic heterocycles. The van der Waals surface area contributed by atoms with Crippen molar-refractivity contribution >= 4 is 27.3 Å². The normalized spacial score (nSPS) is 15.9. The predicted molar refractivity (Wildman–Crippen MR) is 90.0 cm³/mol. The first kappa shape index (κ1) is 15.3. The van der Waals surface area contributed by atoms with Crippen molar-refractivity contribution in [2.24, 2.45) is 0 Å². The topological polar surface area (TPSA) is 53.6 Å². The lowest BCUT2D eigenvalue weighted by atomic mass is 10.2. The molecule has 0 bridgehead atoms. The van der Waals surface area contributed by atoms with Crippen molar-refractivity contribution in [3.63, 3.8) is 0 Å². The third-order valence-corrected chi connectivity index (χ3v) is 4.97. The number of hydrogen-bond acceptors (Lipinski definition) is 5. The van der Waals surface area contributed by atoms with Crippen LogP contribution in [0.2, 0.25) is 0 Å². The lowest BCUT2D eigenvalue weighted by molar-refractivity contribution is 0.0951. The maximum absolute atomic E-state index is 12.2. The summed E-state index contributed by atoms with van der Waals surface area (Å²) in [6.45, 7) is 5.78. The Kier molecular flexibility index (Phi) is 4.92. The summed E-state index contributed by atoms with van der Waals surface area (Å²) in [5.74, 6) is 0.829. The summed E-state index contributed by atoms with van der Waals surface area (Å²) < 4.78 is 6.30. The minimum absolute atomic E-state index is 0.00954. The smallest absolute Gasteiger partial charge is 0.261 e. The van der Waals surface area contributed by atoms with Gasteiger partial charge >= 0.3 is 0 Å². The van der Waals surface area contributed by atoms with E-state index in [2.05, 4.69) is 15.5 Å². The highest BCUT2D eigenvalue weighted by Gasteiger charge is 2.12. The van der Waals surface area contributed by atoms with Crippen LogP contribution < -0.4 is 15.4 Å². The molecule has 0 aliphatic carbocycles. The van der Waals surface area contributed by atoms with Crippen molar-refractivity contribution in [1.82, 2.24) is 15.5 Å². The average molecular weight is 319 g/mol. The Bertz CT molecular complexity index is 650. The molecule has 0 spiro atoms. The SMILES string of the molecule is COc1ccc2cc(C(=O)NCCN3CCNCC3)sc2c1. The number of carbonyl (C=O) groups is 1. The van der Waals surface area contributed by atoms with E-state index in [9.17, 15) is 4.79 Å². The van der Waals surface area contributed by atoms with Gasteiger partial charge in [-0.2, -0.15) is 0 Å². The van der Waals surface area contributed by atoms with Gasteiger partial charge in [0, 0.05) is 44.0 Å². The first-order valence-corrected chi connectivity index (χ1v) is 8.37. The molecule has 2 heterocycles. The summed E-state index contributed by atoms with van der Waals surface area (Å²) in [7, 11) is 1.65. The molecule has 1 aromatic carbocycles. The monoisotopic (exact) mass is 319 g/mol. The lowest BCUT2D eigenvalue weighted by Gasteiger charge is -2.26. The molecule has 0 saturated carbocycles. The van der Waals surface area contributed by atoms with E-state index in [1.54, 1.807) is 7.11 Å². The van der Waals surface area contributed by atoms with Crippen LogP contribution in [-0.2, 0) is 0 Å². The number of nitrogens with zero attached hydrogens (tertiary/aromatic N) is 1. The van der Waals surface area contributed by atoms with Gasteiger partial charge in [0.15, 0.2) is 0 Å². The summed E-state index contributed by atoms with van der Waals surface area (Å²) in [6.07, 6.45) is 0. The molecule has 5 nitrogen and oxygen atoms in total. The number of ether oxygens (including phenoxy) is 1. The Morgan fingerprint density at radius 2 is 2.18 bits per heavy atom. The van der Waals surface area contributed by atoms with Gasteiger partial charge in [0.25, 0.3) is 5.91 Å². The maximum atomic E-state index is 12.2. The van der Waals surface area contributed by atoms with Crippen LogP contribution in [0.15, 0.2) is 24.3 Å². The second kappa shape index (κ2) is 7.09. The second-order valence-corrected chi connectivity index (χ2v) is 6.45. The quantitative estimate of drug-likeness (QED) is 0.878. The Balaban J connectivity index is 1.57. The van der Waals surface area contributed by atoms with Crippen LogP contribution in [0.3, 0.4) is 0 Å². The summed E-state index contributed by atoms with van der Waals surface area (Å²) >= 11 is 1.51. The number of methoxy groups -OCH3 is 1. The number of fused-ring (bicyclic) bond motifs is 1. The van der Waals surface area contributed by atoms with Crippen LogP contribution in [0.1, 0.15) is 9.67 Å². The van der Waals surface area contributed by atoms with E-state index in [1.165, 1.54) is 11.3 Å². The fraction of sp³-hybridized carbons (Fsp3) is 0.438. The number of amides is 1. The largest absolute Gasteiger partial charge is 0.497 e. The molecule has 2 aromatic rings. The van der Waals surface area contributed by atoms with Gasteiger partial charge in [-0.25, -0.2) is 0 Å². The fourth-order valence-electron chi connectivity index (χ4n) is 2.60. The fourth-order valence-corrected chi connectivity index (χ4v) is 3.61. The molecule has 1 amide bonds. The second-order valence-electron chi connectivity index (χ2n) is 5.36. The zero-order valence-corrected chi connectivity index (χ0v) is 13.5. The molecule has 2 N–H and O–H groups in total. The number of rotatable bonds is 5. The third-order valence-electron chi connectivity index (χ3n) is 3.87. The first-order valence-electron chi connectivity index (χ1n) is 7.55. The van der Waals surface area contributed by atoms with Gasteiger partial charge < -0.3 is 15.4 Å². The van der Waals surface area contributed by atoms with Crippen LogP contribution in [0.4, 0.5) is 0 Å². The zero-order valence-electron chi connectivity index (χ0n) is 12.7. The number of benzene rings is 1. The number of carbonyl (C=O) groups excluding carboxylic acids is 1. The molecule has 1 saturated heterocycles. The summed E-state index contributed by atoms with van der Waals surface area (Å²) in [4.78, 5) is 15.4. The van der Waals surface area contributed by atoms with Crippen molar-refractivity contribution in [2.45, 2.75) is 0 Å². The number of piperazine rings is 1. The van der Waals surface area contributed by atoms with Gasteiger partial charge in [0.2, 0.25) is 0 Å². The average Bonchev–Trinajstić information content (AvgIpc) is 2.99. The van der Waals surface area contributed by atoms with Crippen LogP contribution in [0.5, 0.6) is 5.75 Å². The molecule has 1 aliphatic rings. The van der Waals surface area contributed by atoms with Crippen molar-refractivity contribution in [3.05, 3.63) is 29.1 Å². The molecule has 1 fully saturated rings. The standard InChI is InChI=1S/C16H21N3O2S/c1-21-13-3-2-12-10-15(22-14(12)11-13)16(20)18-6-9-19-7-4-17-5-8-19/h2-3,10-11,17H,4-9H2,1H3,(H,18,20). The Morgan fingerprint density at radius 3 is 2.95 bits per heavy atom. The third kappa shape index (κ3) is 3.58. The van der Waals surface area contributed by atoms with Crippen LogP contribution in [-0.4, -0.2) is 57.2 Å². The van der Waals surface area contributed by atoms with Crippen LogP contribution >= 0.6 is 11.3 Å². The molecule has 1 aliphatic heterocycles. The Labute approximate surface area is 134 Å². The molecular formula is C16H21N3O2S. The number of thiophene rings is 1. The van der Waals surface area contributed by atoms with E-state index < -0.39 is 0 Å². The minimum Gasteiger partial charge on any atom is -0.497 e. The van der Waals surface area contributed by atoms with Gasteiger partial charge in [-0.1, -0.05) is 0 Å². The van der Waals surface area contributed by atoms with Crippen LogP contribution in [0.25, 0.3) is 10.1 Å². The van der Waals surface area contributed by atoms with E-state index in [1.807, 2.05) is 24.3 Å². The number of hydrogen-bond donors (Lipinski definition) is 2. The van der Waals surface area contributed by atoms with E-state index in [4.69, 9.17) is 4.74 Å². The van der Waals surface area contributed by atoms with Crippen molar-refractivity contribution in [1.29, 1.82) is 0 Å². The van der Waals surface area contributed by atoms with Crippen molar-refractivity contribution in [3.8, 4) is 5.75 Å². The van der Waals surface area contributed by atoms with E-state index in [0.717, 1.165) is 53.4 Å². The highest BCUT2D eigenvalue weighted by atomic mass is 32.1. The highest BCUT2D eigenvalue weighted by molar-refractivity contribution is 7.20. The summed E-state index contributed by atoms with van der Waals surface area (Å²) in [5.41, 5.74) is 0. The van der Waals surface area contributed by atoms with E-state index >= 15 is 0 Å². The first-order chi connectivity index (χ1) is 10.8. The van der Waals surface area contributed by atoms with E-state index in [-0.39, 0.29) is 5.91 Å². The molecule has 6 heteroatoms. The lowest BCUT2D eigenvalue weighted by Crippen LogP contribution is -2.46. The van der Waals surface area contributed by atoms with Gasteiger partial charge in [-0.3, -0.25) is 9.69 Å². The summed E-state index contributed by atoms with van der Waals surface area (Å²) in [6, 6.07) is 7.82. The van der Waals surface area contributed by atoms with Gasteiger partial charge in [-0.15, -0.1) is 11.3 Å². The number of nitrogens with one attached hydrogen (secondary N) is 2. The Hall–Kier alpha value is -1.63. The molecule has 118 valence electrons. The van der Waals surface area contributed by atoms with Crippen molar-refractivity contribution < 1.29 is 9.53 Å². The highest BCUT2D eigenvalue weighted by Crippen LogP contribution is 2.29. The van der Waals surface area contributed by atoms with Gasteiger partial charge in [0.1, 0.15) is 5.75 Å². The molecule has 0 radical (unpaired) electrons. The minimum atomic E-state index is 0.00954. The Morgan fingerprint density at radius 1 is 1.36 bits per heavy atom. The van der Waals surface area contributed by atoms with Gasteiger partial charge in [0.05, 0.1) is 12.0 Å². The van der Waals surface area contributed by atoms with Crippen LogP contribution in [0, 0.1) is 0 Å². The molecule has 22 heavy (non-hydrogen) atoms. The maximum Gasteiger partial charge on any atom is 0.261 e. The van der Waals surface area contributed by atoms with Gasteiger partial charge in [-0.05, 0) is 29.7 Å². The summed E-state index contributed by atoms with van der Waals surface area (Å²) in [5, 5.41) is 7.42. The molecule has 3 rings (SSSR count). The predicted octanol–water partition coefficient (Wildman–Crippen LogP) is 1.54. The molecular weight excluding hydrogens is 298 g/mol.